The lowest BCUT2D eigenvalue weighted by Gasteiger charge is -2.30. The Kier molecular flexibility index (Phi) is 15.3. The smallest absolute Gasteiger partial charge is 0.410 e. The van der Waals surface area contributed by atoms with Crippen molar-refractivity contribution in [2.24, 2.45) is 5.92 Å². The minimum Gasteiger partial charge on any atom is -0.508 e. The van der Waals surface area contributed by atoms with Gasteiger partial charge >= 0.3 is 12.1 Å². The van der Waals surface area contributed by atoms with Gasteiger partial charge in [0.05, 0.1) is 25.3 Å². The highest BCUT2D eigenvalue weighted by Gasteiger charge is 2.27. The summed E-state index contributed by atoms with van der Waals surface area (Å²) in [6.45, 7) is 11.4. The number of nitrogens with zero attached hydrogens (tertiary/aromatic N) is 3. The largest absolute Gasteiger partial charge is 0.508 e. The van der Waals surface area contributed by atoms with Crippen LogP contribution in [-0.2, 0) is 27.3 Å². The summed E-state index contributed by atoms with van der Waals surface area (Å²) < 4.78 is 17.3. The van der Waals surface area contributed by atoms with Gasteiger partial charge in [-0.1, -0.05) is 92.2 Å². The number of aliphatic carboxylic acids is 1. The zero-order chi connectivity index (χ0) is 43.3. The molecule has 61 heavy (non-hydrogen) atoms. The van der Waals surface area contributed by atoms with E-state index in [4.69, 9.17) is 13.9 Å². The average molecular weight is 826 g/mol. The fourth-order valence-electron chi connectivity index (χ4n) is 7.51. The van der Waals surface area contributed by atoms with Crippen LogP contribution in [0.25, 0.3) is 22.6 Å². The van der Waals surface area contributed by atoms with Gasteiger partial charge in [-0.15, -0.1) is 0 Å². The van der Waals surface area contributed by atoms with E-state index in [1.54, 1.807) is 24.0 Å². The van der Waals surface area contributed by atoms with Crippen LogP contribution < -0.4 is 4.74 Å². The molecule has 2 N–H and O–H groups in total. The molecule has 2 aliphatic heterocycles. The number of carbonyl (C=O) groups is 3. The summed E-state index contributed by atoms with van der Waals surface area (Å²) in [5.41, 5.74) is 8.38. The van der Waals surface area contributed by atoms with E-state index >= 15 is 0 Å². The van der Waals surface area contributed by atoms with Gasteiger partial charge in [-0.3, -0.25) is 14.5 Å². The minimum atomic E-state index is -0.890. The van der Waals surface area contributed by atoms with Crippen molar-refractivity contribution in [3.05, 3.63) is 148 Å². The van der Waals surface area contributed by atoms with E-state index in [1.165, 1.54) is 5.56 Å². The van der Waals surface area contributed by atoms with Gasteiger partial charge in [0.15, 0.2) is 5.78 Å². The van der Waals surface area contributed by atoms with E-state index in [-0.39, 0.29) is 30.0 Å². The molecule has 0 aliphatic carbocycles. The maximum atomic E-state index is 12.6. The summed E-state index contributed by atoms with van der Waals surface area (Å²) in [5.74, 6) is 1.72. The van der Waals surface area contributed by atoms with Crippen LogP contribution in [0.5, 0.6) is 11.5 Å². The highest BCUT2D eigenvalue weighted by atomic mass is 16.6. The molecule has 0 saturated carbocycles. The molecule has 0 saturated heterocycles. The number of benzene rings is 4. The van der Waals surface area contributed by atoms with Gasteiger partial charge in [0, 0.05) is 50.3 Å². The highest BCUT2D eigenvalue weighted by Crippen LogP contribution is 2.32. The third-order valence-electron chi connectivity index (χ3n) is 10.6. The molecule has 0 atom stereocenters. The second kappa shape index (κ2) is 21.2. The molecule has 5 aromatic rings. The molecule has 0 bridgehead atoms. The molecule has 0 fully saturated rings. The number of ether oxygens (including phenoxy) is 2. The number of carboxylic acid groups (broad SMARTS) is 1. The van der Waals surface area contributed by atoms with Crippen molar-refractivity contribution in [1.82, 2.24) is 14.8 Å². The normalized spacial score (nSPS) is 14.4. The van der Waals surface area contributed by atoms with Crippen molar-refractivity contribution >= 4 is 29.0 Å². The van der Waals surface area contributed by atoms with Crippen LogP contribution in [0.4, 0.5) is 4.79 Å². The van der Waals surface area contributed by atoms with Crippen molar-refractivity contribution in [3.8, 4) is 23.0 Å². The molecule has 0 radical (unpaired) electrons. The van der Waals surface area contributed by atoms with Crippen molar-refractivity contribution < 1.29 is 38.5 Å². The summed E-state index contributed by atoms with van der Waals surface area (Å²) in [5, 5.41) is 19.2. The fraction of sp³-hybridized carbons (Fsp3) is 0.320. The van der Waals surface area contributed by atoms with E-state index in [9.17, 15) is 24.6 Å². The van der Waals surface area contributed by atoms with Gasteiger partial charge in [-0.2, -0.15) is 0 Å². The highest BCUT2D eigenvalue weighted by molar-refractivity contribution is 6.02. The molecule has 11 nitrogen and oxygen atoms in total. The molecule has 7 rings (SSSR count). The van der Waals surface area contributed by atoms with Crippen LogP contribution in [0.2, 0.25) is 0 Å². The molecular formula is C50H55N3O8. The van der Waals surface area contributed by atoms with E-state index in [0.717, 1.165) is 76.5 Å². The Morgan fingerprint density at radius 2 is 1.51 bits per heavy atom. The molecule has 2 aliphatic rings. The topological polar surface area (TPSA) is 143 Å². The Labute approximate surface area is 358 Å². The number of Topliss-reactive ketones (excluding diaryl/α,β-unsaturated/α-hetero) is 1. The summed E-state index contributed by atoms with van der Waals surface area (Å²) >= 11 is 0. The first-order chi connectivity index (χ1) is 29.4. The molecule has 11 heteroatoms. The summed E-state index contributed by atoms with van der Waals surface area (Å²) in [6.07, 6.45) is 1.38. The standard InChI is InChI=1S/C30H34N2O6.C20H21NO2/c1-20(2)19-37-30(35)32-14-12-24(17-28(33)34)26(18-32)23-10-7-11-25(16-23)36-15-13-27-21(3)38-29(31-27)22-8-5-4-6-9-22;1-15(22)19-10-11-21(13-16-6-3-2-4-7-16)14-20(19)17-8-5-9-18(23)12-17/h4-11,16,20H,12-15,17-19H2,1-3H3,(H,33,34);2-9,12,23H,10-11,13-14H2,1H3. The number of carboxylic acids is 1. The number of aryl methyl sites for hydroxylation is 1. The lowest BCUT2D eigenvalue weighted by atomic mass is 9.91. The number of rotatable bonds is 14. The number of amides is 1. The molecule has 1 aromatic heterocycles. The van der Waals surface area contributed by atoms with Crippen LogP contribution in [-0.4, -0.2) is 82.2 Å². The molecule has 318 valence electrons. The second-order valence-corrected chi connectivity index (χ2v) is 15.8. The van der Waals surface area contributed by atoms with Crippen LogP contribution in [0.3, 0.4) is 0 Å². The molecule has 4 aromatic carbocycles. The first-order valence-electron chi connectivity index (χ1n) is 20.8. The van der Waals surface area contributed by atoms with Gasteiger partial charge in [0.1, 0.15) is 17.3 Å². The zero-order valence-electron chi connectivity index (χ0n) is 35.4. The van der Waals surface area contributed by atoms with Crippen LogP contribution in [0, 0.1) is 12.8 Å². The van der Waals surface area contributed by atoms with Crippen LogP contribution >= 0.6 is 0 Å². The Hall–Kier alpha value is -6.46. The SMILES string of the molecule is CC(=O)C1=C(c2cccc(O)c2)CN(Cc2ccccc2)CC1.Cc1oc(-c2ccccc2)nc1CCOc1cccc(C2=C(CC(=O)O)CCN(C(=O)OCC(C)C)C2)c1. The first-order valence-corrected chi connectivity index (χ1v) is 20.8. The Morgan fingerprint density at radius 3 is 2.20 bits per heavy atom. The van der Waals surface area contributed by atoms with E-state index in [2.05, 4.69) is 22.0 Å². The predicted molar refractivity (Wildman–Crippen MR) is 236 cm³/mol. The van der Waals surface area contributed by atoms with Gasteiger partial charge in [-0.25, -0.2) is 9.78 Å². The Balaban J connectivity index is 0.000000230. The summed E-state index contributed by atoms with van der Waals surface area (Å²) in [7, 11) is 0. The minimum absolute atomic E-state index is 0.0650. The van der Waals surface area contributed by atoms with E-state index in [0.29, 0.717) is 50.8 Å². The lowest BCUT2D eigenvalue weighted by Crippen LogP contribution is -2.37. The van der Waals surface area contributed by atoms with Gasteiger partial charge in [-0.05, 0) is 96.8 Å². The molecule has 1 amide bonds. The molecular weight excluding hydrogens is 771 g/mol. The maximum absolute atomic E-state index is 12.6. The molecule has 0 unspecified atom stereocenters. The van der Waals surface area contributed by atoms with Crippen LogP contribution in [0.1, 0.15) is 68.2 Å². The number of aromatic nitrogens is 1. The van der Waals surface area contributed by atoms with Crippen molar-refractivity contribution in [3.63, 3.8) is 0 Å². The second-order valence-electron chi connectivity index (χ2n) is 15.8. The van der Waals surface area contributed by atoms with Gasteiger partial charge < -0.3 is 29.0 Å². The maximum Gasteiger partial charge on any atom is 0.410 e. The molecule has 3 heterocycles. The average Bonchev–Trinajstić information content (AvgIpc) is 3.63. The number of phenolic OH excluding ortho intramolecular Hbond substituents is 1. The number of ketones is 1. The molecule has 0 spiro atoms. The van der Waals surface area contributed by atoms with E-state index in [1.807, 2.05) is 106 Å². The van der Waals surface area contributed by atoms with E-state index < -0.39 is 5.97 Å². The van der Waals surface area contributed by atoms with Gasteiger partial charge in [0.25, 0.3) is 0 Å². The van der Waals surface area contributed by atoms with Crippen molar-refractivity contribution in [1.29, 1.82) is 0 Å². The zero-order valence-corrected chi connectivity index (χ0v) is 35.4. The third kappa shape index (κ3) is 12.5. The Bertz CT molecular complexity index is 2350. The third-order valence-corrected chi connectivity index (χ3v) is 10.6. The number of aromatic hydroxyl groups is 1. The Morgan fingerprint density at radius 1 is 0.820 bits per heavy atom. The quantitative estimate of drug-likeness (QED) is 0.111. The number of phenols is 1. The number of oxazole rings is 1. The fourth-order valence-corrected chi connectivity index (χ4v) is 7.51. The van der Waals surface area contributed by atoms with Gasteiger partial charge in [0.2, 0.25) is 5.89 Å². The van der Waals surface area contributed by atoms with Crippen molar-refractivity contribution in [2.45, 2.75) is 59.9 Å². The first kappa shape index (κ1) is 44.1. The summed E-state index contributed by atoms with van der Waals surface area (Å²) in [6, 6.07) is 34.9. The summed E-state index contributed by atoms with van der Waals surface area (Å²) in [4.78, 5) is 44.7. The van der Waals surface area contributed by atoms with Crippen molar-refractivity contribution in [2.75, 3.05) is 39.4 Å². The number of carbonyl (C=O) groups excluding carboxylic acids is 2. The van der Waals surface area contributed by atoms with Crippen LogP contribution in [0.15, 0.2) is 125 Å². The number of hydrogen-bond acceptors (Lipinski definition) is 9. The lowest BCUT2D eigenvalue weighted by molar-refractivity contribution is -0.136. The number of hydrogen-bond donors (Lipinski definition) is 2. The monoisotopic (exact) mass is 825 g/mol. The predicted octanol–water partition coefficient (Wildman–Crippen LogP) is 9.64.